The summed E-state index contributed by atoms with van der Waals surface area (Å²) in [6.07, 6.45) is 6.11. The number of amides is 4. The molecule has 3 fully saturated rings. The zero-order valence-electron chi connectivity index (χ0n) is 27.0. The van der Waals surface area contributed by atoms with E-state index in [0.29, 0.717) is 36.6 Å². The van der Waals surface area contributed by atoms with E-state index in [4.69, 9.17) is 4.18 Å². The third-order valence-electron chi connectivity index (χ3n) is 9.70. The topological polar surface area (TPSA) is 176 Å². The first-order valence-corrected chi connectivity index (χ1v) is 19.8. The van der Waals surface area contributed by atoms with E-state index in [9.17, 15) is 36.0 Å². The minimum absolute atomic E-state index is 0.104. The van der Waals surface area contributed by atoms with Crippen LogP contribution in [0.25, 0.3) is 0 Å². The lowest BCUT2D eigenvalue weighted by atomic mass is 9.91. The Bertz CT molecular complexity index is 1690. The molecular formula is C32H42BrN4O9S2+. The number of hydrogen-bond donors (Lipinski definition) is 2. The van der Waals surface area contributed by atoms with Gasteiger partial charge < -0.3 is 15.1 Å². The standard InChI is InChI=1S/C32H41BrN4O9S2/c1-31(15-16-31)48(44,45)35-29(40)32-18-21(32)9-7-5-4-6-8-10-25(34-30(41)36(2)3)28(39)37-20-23(17-26(37)27(38)19-32)46-47(42,43)24-13-11-22(33)12-14-24/h7,9,11-14,21,23,25-26H,1,4-6,8,10,15-20H2,2-3H3,(H-,34,35,40,41)/p+1/b9-7-/t21-,23+,25+,26+,32-/m1/s1. The number of carbonyl (C=O) groups excluding carboxylic acids is 4. The largest absolute Gasteiger partial charge is 0.331 e. The van der Waals surface area contributed by atoms with Crippen LogP contribution >= 0.6 is 15.9 Å². The van der Waals surface area contributed by atoms with Gasteiger partial charge in [0.25, 0.3) is 20.1 Å². The van der Waals surface area contributed by atoms with Gasteiger partial charge in [-0.2, -0.15) is 8.42 Å². The van der Waals surface area contributed by atoms with E-state index < -0.39 is 78.0 Å². The lowest BCUT2D eigenvalue weighted by Crippen LogP contribution is -2.54. The number of nitrogens with one attached hydrogen (secondary N) is 2. The molecule has 4 aliphatic rings. The number of nitrogens with zero attached hydrogens (tertiary/aromatic N) is 2. The lowest BCUT2D eigenvalue weighted by Gasteiger charge is -2.30. The van der Waals surface area contributed by atoms with Crippen molar-refractivity contribution in [1.82, 2.24) is 19.8 Å². The summed E-state index contributed by atoms with van der Waals surface area (Å²) in [5.74, 6) is -2.28. The van der Waals surface area contributed by atoms with Gasteiger partial charge in [-0.05, 0) is 55.9 Å². The SMILES string of the molecule is [CH2+]C1(S(=O)(=O)NC(=O)[C@]23CC(=O)[C@@H]4C[C@H](OS(=O)(=O)c5ccc(Br)cc5)CN4C(=O)[C@@H](NC(=O)N(C)C)CCCCC/C=C\[C@@H]2C3)CC1. The van der Waals surface area contributed by atoms with E-state index in [-0.39, 0.29) is 30.7 Å². The Morgan fingerprint density at radius 3 is 2.40 bits per heavy atom. The van der Waals surface area contributed by atoms with E-state index >= 15 is 0 Å². The van der Waals surface area contributed by atoms with Crippen LogP contribution in [-0.4, -0.2) is 93.8 Å². The van der Waals surface area contributed by atoms with Crippen LogP contribution < -0.4 is 10.0 Å². The van der Waals surface area contributed by atoms with Gasteiger partial charge in [0.15, 0.2) is 5.78 Å². The second-order valence-corrected chi connectivity index (χ2v) is 18.1. The van der Waals surface area contributed by atoms with Crippen molar-refractivity contribution in [3.8, 4) is 0 Å². The van der Waals surface area contributed by atoms with Crippen LogP contribution in [0, 0.1) is 18.3 Å². The Balaban J connectivity index is 1.45. The fourth-order valence-corrected chi connectivity index (χ4v) is 8.98. The maximum absolute atomic E-state index is 14.2. The van der Waals surface area contributed by atoms with E-state index in [1.54, 1.807) is 12.1 Å². The van der Waals surface area contributed by atoms with Crippen molar-refractivity contribution in [2.75, 3.05) is 20.6 Å². The third-order valence-corrected chi connectivity index (χ3v) is 13.6. The Kier molecular flexibility index (Phi) is 10.4. The summed E-state index contributed by atoms with van der Waals surface area (Å²) in [7, 11) is -5.30. The highest BCUT2D eigenvalue weighted by Crippen LogP contribution is 2.57. The van der Waals surface area contributed by atoms with Crippen molar-refractivity contribution in [1.29, 1.82) is 0 Å². The van der Waals surface area contributed by atoms with Crippen molar-refractivity contribution in [3.05, 3.63) is 47.8 Å². The van der Waals surface area contributed by atoms with Gasteiger partial charge in [-0.15, -0.1) is 0 Å². The molecule has 1 aromatic rings. The molecule has 2 N–H and O–H groups in total. The van der Waals surface area contributed by atoms with Gasteiger partial charge in [0.2, 0.25) is 16.6 Å². The first-order valence-electron chi connectivity index (χ1n) is 16.1. The summed E-state index contributed by atoms with van der Waals surface area (Å²) in [5, 5.41) is 2.74. The molecule has 0 radical (unpaired) electrons. The highest BCUT2D eigenvalue weighted by Gasteiger charge is 2.64. The van der Waals surface area contributed by atoms with Gasteiger partial charge in [0.1, 0.15) is 6.04 Å². The molecule has 0 aromatic heterocycles. The van der Waals surface area contributed by atoms with Crippen molar-refractivity contribution >= 4 is 59.7 Å². The molecule has 2 aliphatic heterocycles. The average molecular weight is 771 g/mol. The highest BCUT2D eigenvalue weighted by atomic mass is 79.9. The smallest absolute Gasteiger partial charge is 0.317 e. The fraction of sp³-hybridized carbons (Fsp3) is 0.594. The molecule has 48 heavy (non-hydrogen) atoms. The molecule has 2 saturated carbocycles. The number of ketones is 1. The van der Waals surface area contributed by atoms with Gasteiger partial charge >= 0.3 is 6.03 Å². The van der Waals surface area contributed by atoms with Crippen LogP contribution in [0.4, 0.5) is 4.79 Å². The van der Waals surface area contributed by atoms with Crippen LogP contribution in [-0.2, 0) is 38.7 Å². The van der Waals surface area contributed by atoms with E-state index in [1.165, 1.54) is 36.0 Å². The Labute approximate surface area is 290 Å². The van der Waals surface area contributed by atoms with Crippen LogP contribution in [0.15, 0.2) is 45.8 Å². The maximum Gasteiger partial charge on any atom is 0.317 e. The predicted molar refractivity (Wildman–Crippen MR) is 179 cm³/mol. The second-order valence-electron chi connectivity index (χ2n) is 13.6. The summed E-state index contributed by atoms with van der Waals surface area (Å²) in [6, 6.07) is 3.15. The quantitative estimate of drug-likeness (QED) is 0.240. The molecule has 4 amide bonds. The number of rotatable bonds is 7. The van der Waals surface area contributed by atoms with Gasteiger partial charge in [0.05, 0.1) is 29.4 Å². The van der Waals surface area contributed by atoms with Crippen molar-refractivity contribution < 1.29 is 40.2 Å². The van der Waals surface area contributed by atoms with Crippen molar-refractivity contribution in [2.24, 2.45) is 11.3 Å². The van der Waals surface area contributed by atoms with E-state index in [1.807, 2.05) is 12.2 Å². The minimum atomic E-state index is -4.29. The Hall–Kier alpha value is -2.95. The van der Waals surface area contributed by atoms with E-state index in [2.05, 4.69) is 32.9 Å². The maximum atomic E-state index is 14.2. The molecule has 5 atom stereocenters. The number of carbonyl (C=O) groups is 4. The van der Waals surface area contributed by atoms with Gasteiger partial charge in [-0.1, -0.05) is 40.9 Å². The van der Waals surface area contributed by atoms with Crippen molar-refractivity contribution in [3.63, 3.8) is 0 Å². The number of urea groups is 1. The molecule has 262 valence electrons. The van der Waals surface area contributed by atoms with Crippen molar-refractivity contribution in [2.45, 2.75) is 92.0 Å². The normalized spacial score (nSPS) is 29.8. The summed E-state index contributed by atoms with van der Waals surface area (Å²) in [6.45, 7) is 3.49. The summed E-state index contributed by atoms with van der Waals surface area (Å²) < 4.78 is 59.5. The second kappa shape index (κ2) is 13.8. The molecule has 1 aromatic carbocycles. The number of allylic oxidation sites excluding steroid dienone is 2. The molecule has 0 bridgehead atoms. The summed E-state index contributed by atoms with van der Waals surface area (Å²) in [4.78, 5) is 57.1. The number of halogens is 1. The first kappa shape index (κ1) is 36.3. The van der Waals surface area contributed by atoms with Gasteiger partial charge in [-0.25, -0.2) is 17.9 Å². The predicted octanol–water partition coefficient (Wildman–Crippen LogP) is 3.06. The lowest BCUT2D eigenvalue weighted by molar-refractivity contribution is -0.140. The zero-order chi connectivity index (χ0) is 35.1. The zero-order valence-corrected chi connectivity index (χ0v) is 30.2. The molecule has 5 rings (SSSR count). The van der Waals surface area contributed by atoms with E-state index in [0.717, 1.165) is 12.8 Å². The number of Topliss-reactive ketones (excluding diaryl/α,β-unsaturated/α-hetero) is 1. The third kappa shape index (κ3) is 7.76. The van der Waals surface area contributed by atoms with Crippen LogP contribution in [0.3, 0.4) is 0 Å². The highest BCUT2D eigenvalue weighted by molar-refractivity contribution is 9.10. The molecule has 13 nitrogen and oxygen atoms in total. The molecule has 0 spiro atoms. The number of sulfonamides is 1. The Morgan fingerprint density at radius 2 is 1.75 bits per heavy atom. The van der Waals surface area contributed by atoms with Gasteiger partial charge in [0, 0.05) is 50.8 Å². The monoisotopic (exact) mass is 769 g/mol. The molecule has 1 saturated heterocycles. The molecule has 2 aliphatic carbocycles. The van der Waals surface area contributed by atoms with Crippen LogP contribution in [0.2, 0.25) is 0 Å². The number of benzene rings is 1. The van der Waals surface area contributed by atoms with Crippen LogP contribution in [0.1, 0.15) is 64.2 Å². The molecule has 0 unspecified atom stereocenters. The molecular weight excluding hydrogens is 728 g/mol. The Morgan fingerprint density at radius 1 is 1.06 bits per heavy atom. The minimum Gasteiger partial charge on any atom is -0.331 e. The molecule has 16 heteroatoms. The van der Waals surface area contributed by atoms with Gasteiger partial charge in [-0.3, -0.25) is 18.6 Å². The summed E-state index contributed by atoms with van der Waals surface area (Å²) in [5.41, 5.74) is -1.36. The first-order chi connectivity index (χ1) is 22.5. The summed E-state index contributed by atoms with van der Waals surface area (Å²) >= 11 is 3.27. The average Bonchev–Trinajstić information content (AvgIpc) is 3.89. The molecule has 2 heterocycles. The number of hydrogen-bond acceptors (Lipinski definition) is 9. The number of fused-ring (bicyclic) bond motifs is 2. The van der Waals surface area contributed by atoms with Crippen LogP contribution in [0.5, 0.6) is 0 Å². The fourth-order valence-electron chi connectivity index (χ4n) is 6.33.